The Hall–Kier alpha value is -1.87. The van der Waals surface area contributed by atoms with E-state index in [-0.39, 0.29) is 23.2 Å². The van der Waals surface area contributed by atoms with Crippen LogP contribution in [0.25, 0.3) is 0 Å². The third-order valence-electron chi connectivity index (χ3n) is 4.61. The number of ether oxygens (including phenoxy) is 1. The normalized spacial score (nSPS) is 29.2. The summed E-state index contributed by atoms with van der Waals surface area (Å²) in [5.41, 5.74) is 0.306. The Morgan fingerprint density at radius 2 is 2.16 bits per heavy atom. The molecule has 3 heterocycles. The van der Waals surface area contributed by atoms with Crippen molar-refractivity contribution in [2.45, 2.75) is 23.4 Å². The lowest BCUT2D eigenvalue weighted by Crippen LogP contribution is -2.54. The Labute approximate surface area is 146 Å². The van der Waals surface area contributed by atoms with E-state index in [9.17, 15) is 13.2 Å². The summed E-state index contributed by atoms with van der Waals surface area (Å²) in [4.78, 5) is 6.25. The SMILES string of the molecule is O=[S+]1([O-])NC2(CCN(Cc3ccc(F)cc3)C2)COc2ncccc21. The maximum absolute atomic E-state index is 13.0. The number of likely N-dealkylation sites (tertiary alicyclic amines) is 1. The summed E-state index contributed by atoms with van der Waals surface area (Å²) in [5.74, 6) is -0.124. The first kappa shape index (κ1) is 16.6. The minimum atomic E-state index is -3.69. The van der Waals surface area contributed by atoms with Gasteiger partial charge in [-0.05, 0) is 30.2 Å². The van der Waals surface area contributed by atoms with Crippen LogP contribution in [0.5, 0.6) is 5.88 Å². The van der Waals surface area contributed by atoms with Gasteiger partial charge >= 0.3 is 0 Å². The minimum Gasteiger partial charge on any atom is -0.593 e. The van der Waals surface area contributed by atoms with Gasteiger partial charge < -0.3 is 9.29 Å². The Bertz CT molecular complexity index is 832. The number of aromatic nitrogens is 1. The molecule has 0 saturated carbocycles. The lowest BCUT2D eigenvalue weighted by molar-refractivity contribution is 0.192. The van der Waals surface area contributed by atoms with Gasteiger partial charge in [0.05, 0.1) is 0 Å². The van der Waals surface area contributed by atoms with Crippen molar-refractivity contribution >= 4 is 10.4 Å². The molecule has 8 heteroatoms. The molecule has 1 aromatic carbocycles. The minimum absolute atomic E-state index is 0.0730. The van der Waals surface area contributed by atoms with Crippen LogP contribution in [0, 0.1) is 5.82 Å². The van der Waals surface area contributed by atoms with Crippen LogP contribution in [0.4, 0.5) is 4.39 Å². The highest BCUT2D eigenvalue weighted by Crippen LogP contribution is 2.34. The molecule has 0 radical (unpaired) electrons. The largest absolute Gasteiger partial charge is 0.593 e. The molecule has 2 unspecified atom stereocenters. The number of sulfonamides is 1. The molecule has 2 aliphatic rings. The first-order chi connectivity index (χ1) is 12.0. The molecule has 1 N–H and O–H groups in total. The second kappa shape index (κ2) is 6.14. The molecule has 1 spiro atoms. The third kappa shape index (κ3) is 3.30. The fraction of sp³-hybridized carbons (Fsp3) is 0.353. The van der Waals surface area contributed by atoms with Crippen LogP contribution >= 0.6 is 0 Å². The summed E-state index contributed by atoms with van der Waals surface area (Å²) < 4.78 is 46.9. The smallest absolute Gasteiger partial charge is 0.272 e. The monoisotopic (exact) mass is 363 g/mol. The highest BCUT2D eigenvalue weighted by atomic mass is 32.3. The Morgan fingerprint density at radius 1 is 1.36 bits per heavy atom. The summed E-state index contributed by atoms with van der Waals surface area (Å²) in [6, 6.07) is 9.42. The van der Waals surface area contributed by atoms with Gasteiger partial charge in [-0.1, -0.05) is 16.3 Å². The van der Waals surface area contributed by atoms with Crippen LogP contribution in [0.2, 0.25) is 0 Å². The number of hydrogen-bond acceptors (Lipinski definition) is 5. The molecule has 1 aromatic heterocycles. The molecule has 2 atom stereocenters. The van der Waals surface area contributed by atoms with E-state index >= 15 is 0 Å². The number of nitrogens with one attached hydrogen (secondary N) is 1. The Morgan fingerprint density at radius 3 is 2.96 bits per heavy atom. The van der Waals surface area contributed by atoms with E-state index in [1.54, 1.807) is 18.2 Å². The average molecular weight is 363 g/mol. The van der Waals surface area contributed by atoms with E-state index in [0.29, 0.717) is 19.5 Å². The van der Waals surface area contributed by atoms with Crippen LogP contribution in [-0.4, -0.2) is 39.7 Å². The van der Waals surface area contributed by atoms with E-state index in [2.05, 4.69) is 14.6 Å². The first-order valence-electron chi connectivity index (χ1n) is 8.04. The second-order valence-corrected chi connectivity index (χ2v) is 8.22. The Balaban J connectivity index is 1.52. The molecule has 2 aliphatic heterocycles. The number of pyridine rings is 1. The van der Waals surface area contributed by atoms with E-state index < -0.39 is 15.9 Å². The molecule has 25 heavy (non-hydrogen) atoms. The zero-order chi connectivity index (χ0) is 17.5. The van der Waals surface area contributed by atoms with Gasteiger partial charge in [-0.15, -0.1) is 4.72 Å². The Kier molecular flexibility index (Phi) is 4.07. The summed E-state index contributed by atoms with van der Waals surface area (Å²) >= 11 is 0. The summed E-state index contributed by atoms with van der Waals surface area (Å²) in [5, 5.41) is 0. The standard InChI is InChI=1S/C17H18FN3O3S/c18-14-5-3-13(4-6-14)10-21-9-7-17(11-21)12-24-16-15(2-1-8-19-16)25(22,23)20-17/h1-6,8H,7,9-12H2,(H-,20,22,23). The van der Waals surface area contributed by atoms with E-state index in [1.807, 2.05) is 0 Å². The van der Waals surface area contributed by atoms with Crippen molar-refractivity contribution < 1.29 is 17.9 Å². The van der Waals surface area contributed by atoms with Gasteiger partial charge in [0.15, 0.2) is 10.4 Å². The number of nitrogens with zero attached hydrogens (tertiary/aromatic N) is 2. The predicted octanol–water partition coefficient (Wildman–Crippen LogP) is 1.75. The molecular formula is C17H18FN3O3S. The molecule has 6 nitrogen and oxygen atoms in total. The van der Waals surface area contributed by atoms with Crippen LogP contribution in [0.3, 0.4) is 0 Å². The predicted molar refractivity (Wildman–Crippen MR) is 89.0 cm³/mol. The lowest BCUT2D eigenvalue weighted by Gasteiger charge is -2.28. The van der Waals surface area contributed by atoms with Crippen LogP contribution < -0.4 is 9.46 Å². The highest BCUT2D eigenvalue weighted by Gasteiger charge is 2.48. The van der Waals surface area contributed by atoms with Crippen molar-refractivity contribution in [3.63, 3.8) is 0 Å². The zero-order valence-electron chi connectivity index (χ0n) is 13.5. The molecule has 1 fully saturated rings. The van der Waals surface area contributed by atoms with Crippen molar-refractivity contribution in [2.75, 3.05) is 19.7 Å². The average Bonchev–Trinajstić information content (AvgIpc) is 2.92. The van der Waals surface area contributed by atoms with Gasteiger partial charge in [0.25, 0.3) is 5.88 Å². The van der Waals surface area contributed by atoms with Crippen LogP contribution in [0.1, 0.15) is 12.0 Å². The molecular weight excluding hydrogens is 345 g/mol. The van der Waals surface area contributed by atoms with Crippen molar-refractivity contribution in [1.29, 1.82) is 0 Å². The third-order valence-corrected chi connectivity index (χ3v) is 6.21. The first-order valence-corrected chi connectivity index (χ1v) is 9.53. The number of hydrogen-bond donors (Lipinski definition) is 1. The molecule has 132 valence electrons. The van der Waals surface area contributed by atoms with E-state index in [1.165, 1.54) is 24.4 Å². The molecule has 0 bridgehead atoms. The summed E-state index contributed by atoms with van der Waals surface area (Å²) in [6.45, 7) is 2.12. The van der Waals surface area contributed by atoms with E-state index in [4.69, 9.17) is 4.74 Å². The second-order valence-electron chi connectivity index (χ2n) is 6.57. The van der Waals surface area contributed by atoms with Gasteiger partial charge in [0.1, 0.15) is 18.0 Å². The topological polar surface area (TPSA) is 77.5 Å². The van der Waals surface area contributed by atoms with Gasteiger partial charge in [0, 0.05) is 31.9 Å². The van der Waals surface area contributed by atoms with Gasteiger partial charge in [0.2, 0.25) is 4.90 Å². The van der Waals surface area contributed by atoms with Crippen molar-refractivity contribution in [1.82, 2.24) is 14.6 Å². The maximum Gasteiger partial charge on any atom is 0.272 e. The van der Waals surface area contributed by atoms with Crippen molar-refractivity contribution in [3.05, 3.63) is 54.0 Å². The lowest BCUT2D eigenvalue weighted by atomic mass is 10.0. The number of halogens is 1. The van der Waals surface area contributed by atoms with Gasteiger partial charge in [-0.3, -0.25) is 4.90 Å². The molecule has 2 aromatic rings. The van der Waals surface area contributed by atoms with Crippen LogP contribution in [0.15, 0.2) is 47.5 Å². The maximum atomic E-state index is 13.0. The van der Waals surface area contributed by atoms with Crippen molar-refractivity contribution in [3.8, 4) is 5.88 Å². The number of benzene rings is 1. The molecule has 1 saturated heterocycles. The van der Waals surface area contributed by atoms with Gasteiger partial charge in [-0.2, -0.15) is 0 Å². The van der Waals surface area contributed by atoms with Crippen molar-refractivity contribution in [2.24, 2.45) is 0 Å². The zero-order valence-corrected chi connectivity index (χ0v) is 14.3. The van der Waals surface area contributed by atoms with Gasteiger partial charge in [-0.25, -0.2) is 9.37 Å². The molecule has 4 rings (SSSR count). The number of rotatable bonds is 2. The van der Waals surface area contributed by atoms with Crippen LogP contribution in [-0.2, 0) is 21.2 Å². The number of fused-ring (bicyclic) bond motifs is 1. The molecule has 0 aliphatic carbocycles. The quantitative estimate of drug-likeness (QED) is 0.823. The summed E-state index contributed by atoms with van der Waals surface area (Å²) in [6.07, 6.45) is 2.16. The molecule has 0 amide bonds. The van der Waals surface area contributed by atoms with E-state index in [0.717, 1.165) is 12.1 Å². The highest BCUT2D eigenvalue weighted by molar-refractivity contribution is 7.96. The summed E-state index contributed by atoms with van der Waals surface area (Å²) in [7, 11) is -3.69. The fourth-order valence-corrected chi connectivity index (χ4v) is 4.91. The fourth-order valence-electron chi connectivity index (χ4n) is 3.41.